The van der Waals surface area contributed by atoms with Crippen molar-refractivity contribution >= 4 is 28.2 Å². The van der Waals surface area contributed by atoms with E-state index in [4.69, 9.17) is 17.3 Å². The van der Waals surface area contributed by atoms with Gasteiger partial charge in [-0.2, -0.15) is 0 Å². The molecule has 0 aliphatic carbocycles. The Morgan fingerprint density at radius 3 is 2.78 bits per heavy atom. The summed E-state index contributed by atoms with van der Waals surface area (Å²) in [6.07, 6.45) is 3.88. The van der Waals surface area contributed by atoms with Crippen molar-refractivity contribution in [3.05, 3.63) is 35.5 Å². The Kier molecular flexibility index (Phi) is 3.10. The topological polar surface area (TPSA) is 42.1 Å². The Balaban J connectivity index is 2.06. The first-order valence-electron chi connectivity index (χ1n) is 6.29. The molecule has 94 valence electrons. The third kappa shape index (κ3) is 2.04. The monoisotopic (exact) mass is 261 g/mol. The summed E-state index contributed by atoms with van der Waals surface area (Å²) in [4.78, 5) is 6.81. The average molecular weight is 262 g/mol. The highest BCUT2D eigenvalue weighted by Gasteiger charge is 2.19. The summed E-state index contributed by atoms with van der Waals surface area (Å²) >= 11 is 6.32. The van der Waals surface area contributed by atoms with Crippen LogP contribution in [-0.2, 0) is 0 Å². The first-order valence-corrected chi connectivity index (χ1v) is 6.67. The van der Waals surface area contributed by atoms with Crippen LogP contribution in [0.5, 0.6) is 0 Å². The van der Waals surface area contributed by atoms with Crippen LogP contribution >= 0.6 is 11.6 Å². The lowest BCUT2D eigenvalue weighted by Crippen LogP contribution is -2.40. The fourth-order valence-electron chi connectivity index (χ4n) is 2.52. The Morgan fingerprint density at radius 2 is 2.00 bits per heavy atom. The van der Waals surface area contributed by atoms with Crippen molar-refractivity contribution in [2.45, 2.75) is 18.9 Å². The molecule has 0 saturated carbocycles. The van der Waals surface area contributed by atoms with E-state index in [1.165, 1.54) is 0 Å². The summed E-state index contributed by atoms with van der Waals surface area (Å²) in [5.74, 6) is 0.991. The number of hydrogen-bond donors (Lipinski definition) is 1. The van der Waals surface area contributed by atoms with Crippen molar-refractivity contribution in [3.63, 3.8) is 0 Å². The summed E-state index contributed by atoms with van der Waals surface area (Å²) in [6, 6.07) is 8.29. The third-order valence-corrected chi connectivity index (χ3v) is 3.87. The molecular weight excluding hydrogens is 246 g/mol. The van der Waals surface area contributed by atoms with E-state index in [2.05, 4.69) is 16.0 Å². The van der Waals surface area contributed by atoms with Crippen LogP contribution in [0.15, 0.2) is 30.5 Å². The zero-order valence-corrected chi connectivity index (χ0v) is 10.9. The number of fused-ring (bicyclic) bond motifs is 1. The molecule has 2 aromatic rings. The first kappa shape index (κ1) is 11.8. The normalized spacial score (nSPS) is 17.3. The minimum Gasteiger partial charge on any atom is -0.356 e. The van der Waals surface area contributed by atoms with Gasteiger partial charge in [-0.25, -0.2) is 4.98 Å². The van der Waals surface area contributed by atoms with Crippen LogP contribution in [0, 0.1) is 0 Å². The van der Waals surface area contributed by atoms with Crippen LogP contribution in [0.3, 0.4) is 0 Å². The van der Waals surface area contributed by atoms with Crippen LogP contribution in [0.1, 0.15) is 12.8 Å². The van der Waals surface area contributed by atoms with Gasteiger partial charge in [0.1, 0.15) is 5.82 Å². The standard InChI is InChI=1S/C14H16ClN3/c15-12-3-1-2-10-4-7-17-14(13(10)12)18-8-5-11(16)6-9-18/h1-4,7,11H,5-6,8-9,16H2. The summed E-state index contributed by atoms with van der Waals surface area (Å²) in [5.41, 5.74) is 5.94. The van der Waals surface area contributed by atoms with Gasteiger partial charge in [0, 0.05) is 30.7 Å². The Labute approximate surface area is 112 Å². The second kappa shape index (κ2) is 4.75. The highest BCUT2D eigenvalue weighted by Crippen LogP contribution is 2.32. The highest BCUT2D eigenvalue weighted by atomic mass is 35.5. The molecule has 2 heterocycles. The molecular formula is C14H16ClN3. The van der Waals surface area contributed by atoms with Crippen molar-refractivity contribution in [2.24, 2.45) is 5.73 Å². The van der Waals surface area contributed by atoms with Crippen LogP contribution in [0.25, 0.3) is 10.8 Å². The minimum atomic E-state index is 0.326. The smallest absolute Gasteiger partial charge is 0.137 e. The average Bonchev–Trinajstić information content (AvgIpc) is 2.39. The zero-order chi connectivity index (χ0) is 12.5. The van der Waals surface area contributed by atoms with Gasteiger partial charge in [-0.15, -0.1) is 0 Å². The Bertz CT molecular complexity index is 557. The van der Waals surface area contributed by atoms with Gasteiger partial charge < -0.3 is 10.6 Å². The summed E-state index contributed by atoms with van der Waals surface area (Å²) in [7, 11) is 0. The van der Waals surface area contributed by atoms with E-state index < -0.39 is 0 Å². The first-order chi connectivity index (χ1) is 8.75. The van der Waals surface area contributed by atoms with E-state index in [-0.39, 0.29) is 0 Å². The van der Waals surface area contributed by atoms with E-state index in [9.17, 15) is 0 Å². The Hall–Kier alpha value is -1.32. The van der Waals surface area contributed by atoms with Crippen LogP contribution in [0.4, 0.5) is 5.82 Å². The molecule has 0 unspecified atom stereocenters. The highest BCUT2D eigenvalue weighted by molar-refractivity contribution is 6.36. The summed E-state index contributed by atoms with van der Waals surface area (Å²) < 4.78 is 0. The molecule has 1 aliphatic heterocycles. The molecule has 4 heteroatoms. The van der Waals surface area contributed by atoms with Crippen molar-refractivity contribution < 1.29 is 0 Å². The second-order valence-electron chi connectivity index (χ2n) is 4.80. The minimum absolute atomic E-state index is 0.326. The van der Waals surface area contributed by atoms with Gasteiger partial charge in [-0.3, -0.25) is 0 Å². The maximum Gasteiger partial charge on any atom is 0.137 e. The molecule has 1 aliphatic rings. The quantitative estimate of drug-likeness (QED) is 0.858. The van der Waals surface area contributed by atoms with Gasteiger partial charge in [0.05, 0.1) is 5.02 Å². The van der Waals surface area contributed by atoms with Crippen LogP contribution in [0.2, 0.25) is 5.02 Å². The number of nitrogens with zero attached hydrogens (tertiary/aromatic N) is 2. The maximum absolute atomic E-state index is 6.32. The number of aromatic nitrogens is 1. The van der Waals surface area contributed by atoms with E-state index in [1.807, 2.05) is 24.4 Å². The molecule has 1 aromatic carbocycles. The fraction of sp³-hybridized carbons (Fsp3) is 0.357. The van der Waals surface area contributed by atoms with Gasteiger partial charge in [-0.05, 0) is 30.4 Å². The molecule has 0 amide bonds. The molecule has 0 radical (unpaired) electrons. The zero-order valence-electron chi connectivity index (χ0n) is 10.1. The maximum atomic E-state index is 6.32. The van der Waals surface area contributed by atoms with E-state index >= 15 is 0 Å². The predicted octanol–water partition coefficient (Wildman–Crippen LogP) is 2.82. The number of piperidine rings is 1. The van der Waals surface area contributed by atoms with Crippen LogP contribution < -0.4 is 10.6 Å². The lowest BCUT2D eigenvalue weighted by Gasteiger charge is -2.31. The van der Waals surface area contributed by atoms with Gasteiger partial charge in [0.25, 0.3) is 0 Å². The summed E-state index contributed by atoms with van der Waals surface area (Å²) in [6.45, 7) is 1.91. The molecule has 1 fully saturated rings. The Morgan fingerprint density at radius 1 is 1.22 bits per heavy atom. The molecule has 2 N–H and O–H groups in total. The predicted molar refractivity (Wildman–Crippen MR) is 76.2 cm³/mol. The number of rotatable bonds is 1. The van der Waals surface area contributed by atoms with Gasteiger partial charge in [0.15, 0.2) is 0 Å². The summed E-state index contributed by atoms with van der Waals surface area (Å²) in [5, 5.41) is 2.96. The molecule has 3 rings (SSSR count). The molecule has 0 spiro atoms. The van der Waals surface area contributed by atoms with Gasteiger partial charge >= 0.3 is 0 Å². The third-order valence-electron chi connectivity index (χ3n) is 3.56. The van der Waals surface area contributed by atoms with Crippen molar-refractivity contribution in [1.29, 1.82) is 0 Å². The number of anilines is 1. The number of benzene rings is 1. The van der Waals surface area contributed by atoms with Crippen molar-refractivity contribution in [1.82, 2.24) is 4.98 Å². The largest absolute Gasteiger partial charge is 0.356 e. The van der Waals surface area contributed by atoms with Gasteiger partial charge in [0.2, 0.25) is 0 Å². The number of hydrogen-bond acceptors (Lipinski definition) is 3. The lowest BCUT2D eigenvalue weighted by atomic mass is 10.1. The van der Waals surface area contributed by atoms with Gasteiger partial charge in [-0.1, -0.05) is 23.7 Å². The van der Waals surface area contributed by atoms with Crippen molar-refractivity contribution in [2.75, 3.05) is 18.0 Å². The fourth-order valence-corrected chi connectivity index (χ4v) is 2.79. The number of pyridine rings is 1. The van der Waals surface area contributed by atoms with E-state index in [1.54, 1.807) is 0 Å². The molecule has 3 nitrogen and oxygen atoms in total. The molecule has 0 atom stereocenters. The number of nitrogens with two attached hydrogens (primary N) is 1. The lowest BCUT2D eigenvalue weighted by molar-refractivity contribution is 0.499. The molecule has 1 saturated heterocycles. The van der Waals surface area contributed by atoms with E-state index in [0.29, 0.717) is 6.04 Å². The van der Waals surface area contributed by atoms with Crippen molar-refractivity contribution in [3.8, 4) is 0 Å². The number of halogens is 1. The SMILES string of the molecule is NC1CCN(c2nccc3cccc(Cl)c23)CC1. The molecule has 1 aromatic heterocycles. The molecule has 0 bridgehead atoms. The van der Waals surface area contributed by atoms with Crippen LogP contribution in [-0.4, -0.2) is 24.1 Å². The molecule has 18 heavy (non-hydrogen) atoms. The second-order valence-corrected chi connectivity index (χ2v) is 5.20. The van der Waals surface area contributed by atoms with E-state index in [0.717, 1.165) is 47.5 Å².